The maximum absolute atomic E-state index is 12.1. The van der Waals surface area contributed by atoms with Crippen molar-refractivity contribution in [1.82, 2.24) is 0 Å². The molecule has 0 N–H and O–H groups in total. The molecule has 2 saturated heterocycles. The third-order valence-electron chi connectivity index (χ3n) is 3.97. The van der Waals surface area contributed by atoms with E-state index in [0.717, 1.165) is 10.2 Å². The van der Waals surface area contributed by atoms with Crippen molar-refractivity contribution in [2.75, 3.05) is 16.4 Å². The lowest BCUT2D eigenvalue weighted by molar-refractivity contribution is -0.118. The number of sulfone groups is 1. The third kappa shape index (κ3) is 3.86. The van der Waals surface area contributed by atoms with Gasteiger partial charge in [0.15, 0.2) is 15.0 Å². The second-order valence-corrected chi connectivity index (χ2v) is 10.8. The van der Waals surface area contributed by atoms with Crippen molar-refractivity contribution in [2.45, 2.75) is 31.6 Å². The molecular formula is C16H19BrN2O3S2. The zero-order valence-electron chi connectivity index (χ0n) is 13.5. The Hall–Kier alpha value is -0.860. The topological polar surface area (TPSA) is 66.8 Å². The number of halogens is 1. The van der Waals surface area contributed by atoms with Crippen LogP contribution in [0.1, 0.15) is 20.3 Å². The van der Waals surface area contributed by atoms with Crippen LogP contribution in [0.5, 0.6) is 0 Å². The summed E-state index contributed by atoms with van der Waals surface area (Å²) in [4.78, 5) is 18.3. The van der Waals surface area contributed by atoms with Crippen molar-refractivity contribution in [1.29, 1.82) is 0 Å². The number of fused-ring (bicyclic) bond motifs is 1. The van der Waals surface area contributed by atoms with Gasteiger partial charge in [-0.1, -0.05) is 41.5 Å². The minimum Gasteiger partial charge on any atom is -0.316 e. The van der Waals surface area contributed by atoms with Crippen LogP contribution >= 0.6 is 27.7 Å². The van der Waals surface area contributed by atoms with Crippen molar-refractivity contribution >= 4 is 54.3 Å². The van der Waals surface area contributed by atoms with Crippen LogP contribution in [0.3, 0.4) is 0 Å². The van der Waals surface area contributed by atoms with E-state index in [1.165, 1.54) is 11.8 Å². The molecule has 1 aromatic carbocycles. The zero-order valence-corrected chi connectivity index (χ0v) is 16.7. The fourth-order valence-corrected chi connectivity index (χ4v) is 7.17. The molecule has 0 aromatic heterocycles. The van der Waals surface area contributed by atoms with Gasteiger partial charge in [-0.05, 0) is 30.2 Å². The van der Waals surface area contributed by atoms with Crippen LogP contribution in [0.4, 0.5) is 5.69 Å². The number of amidine groups is 1. The van der Waals surface area contributed by atoms with Gasteiger partial charge < -0.3 is 4.90 Å². The quantitative estimate of drug-likeness (QED) is 0.736. The van der Waals surface area contributed by atoms with Gasteiger partial charge in [-0.25, -0.2) is 8.42 Å². The van der Waals surface area contributed by atoms with E-state index >= 15 is 0 Å². The monoisotopic (exact) mass is 430 g/mol. The number of thioether (sulfide) groups is 1. The molecule has 2 heterocycles. The number of hydrogen-bond donors (Lipinski definition) is 0. The van der Waals surface area contributed by atoms with Crippen LogP contribution in [0.25, 0.3) is 0 Å². The summed E-state index contributed by atoms with van der Waals surface area (Å²) in [7, 11) is -3.04. The van der Waals surface area contributed by atoms with Crippen LogP contribution in [0, 0.1) is 5.92 Å². The lowest BCUT2D eigenvalue weighted by Crippen LogP contribution is -2.37. The van der Waals surface area contributed by atoms with Crippen molar-refractivity contribution < 1.29 is 13.2 Å². The van der Waals surface area contributed by atoms with E-state index in [0.29, 0.717) is 11.6 Å². The molecule has 0 spiro atoms. The molecule has 1 aromatic rings. The molecule has 1 amide bonds. The van der Waals surface area contributed by atoms with Crippen LogP contribution in [-0.2, 0) is 14.6 Å². The number of hydrogen-bond acceptors (Lipinski definition) is 4. The standard InChI is InChI=1S/C16H19BrN2O3S2/c1-10(2)7-15(20)18-16-19(12-5-3-11(17)4-6-12)13-8-24(21,22)9-14(13)23-16/h3-6,10,13-14H,7-9H2,1-2H3/t13-,14+/m0/s1. The van der Waals surface area contributed by atoms with Gasteiger partial charge in [-0.2, -0.15) is 4.99 Å². The first-order chi connectivity index (χ1) is 11.2. The predicted molar refractivity (Wildman–Crippen MR) is 102 cm³/mol. The molecule has 0 saturated carbocycles. The molecule has 2 aliphatic heterocycles. The highest BCUT2D eigenvalue weighted by atomic mass is 79.9. The molecule has 8 heteroatoms. The highest BCUT2D eigenvalue weighted by molar-refractivity contribution is 9.10. The number of carbonyl (C=O) groups excluding carboxylic acids is 1. The summed E-state index contributed by atoms with van der Waals surface area (Å²) in [5, 5.41) is 0.553. The largest absolute Gasteiger partial charge is 0.316 e. The summed E-state index contributed by atoms with van der Waals surface area (Å²) in [5.74, 6) is 0.344. The average molecular weight is 431 g/mol. The van der Waals surface area contributed by atoms with Crippen molar-refractivity contribution in [2.24, 2.45) is 10.9 Å². The lowest BCUT2D eigenvalue weighted by Gasteiger charge is -2.24. The SMILES string of the molecule is CC(C)CC(=O)N=C1S[C@@H]2CS(=O)(=O)C[C@@H]2N1c1ccc(Br)cc1. The van der Waals surface area contributed by atoms with Crippen molar-refractivity contribution in [3.05, 3.63) is 28.7 Å². The molecule has 0 bridgehead atoms. The maximum Gasteiger partial charge on any atom is 0.248 e. The first-order valence-electron chi connectivity index (χ1n) is 7.78. The molecule has 130 valence electrons. The number of anilines is 1. The zero-order chi connectivity index (χ0) is 17.5. The Bertz CT molecular complexity index is 775. The minimum absolute atomic E-state index is 0.0655. The molecule has 3 rings (SSSR count). The molecule has 0 unspecified atom stereocenters. The van der Waals surface area contributed by atoms with Crippen LogP contribution in [0.15, 0.2) is 33.7 Å². The van der Waals surface area contributed by atoms with E-state index in [4.69, 9.17) is 0 Å². The fourth-order valence-electron chi connectivity index (χ4n) is 2.97. The number of benzene rings is 1. The summed E-state index contributed by atoms with van der Waals surface area (Å²) >= 11 is 4.82. The smallest absolute Gasteiger partial charge is 0.248 e. The number of aliphatic imine (C=N–C) groups is 1. The van der Waals surface area contributed by atoms with Crippen LogP contribution in [0.2, 0.25) is 0 Å². The summed E-state index contributed by atoms with van der Waals surface area (Å²) in [6.45, 7) is 3.96. The molecule has 0 aliphatic carbocycles. The van der Waals surface area contributed by atoms with Gasteiger partial charge in [-0.15, -0.1) is 0 Å². The normalized spacial score (nSPS) is 27.0. The van der Waals surface area contributed by atoms with E-state index in [2.05, 4.69) is 20.9 Å². The van der Waals surface area contributed by atoms with Gasteiger partial charge in [0.2, 0.25) is 5.91 Å². The number of nitrogens with zero attached hydrogens (tertiary/aromatic N) is 2. The van der Waals surface area contributed by atoms with E-state index in [-0.39, 0.29) is 34.6 Å². The third-order valence-corrected chi connectivity index (χ3v) is 7.71. The Morgan fingerprint density at radius 2 is 2.00 bits per heavy atom. The molecular weight excluding hydrogens is 412 g/mol. The fraction of sp³-hybridized carbons (Fsp3) is 0.500. The second-order valence-electron chi connectivity index (χ2n) is 6.53. The maximum atomic E-state index is 12.1. The second kappa shape index (κ2) is 6.80. The van der Waals surface area contributed by atoms with Crippen LogP contribution < -0.4 is 4.90 Å². The molecule has 2 aliphatic rings. The Balaban J connectivity index is 1.95. The van der Waals surface area contributed by atoms with E-state index < -0.39 is 9.84 Å². The number of rotatable bonds is 3. The van der Waals surface area contributed by atoms with Crippen molar-refractivity contribution in [3.8, 4) is 0 Å². The first-order valence-corrected chi connectivity index (χ1v) is 11.3. The van der Waals surface area contributed by atoms with Gasteiger partial charge in [0, 0.05) is 21.8 Å². The Kier molecular flexibility index (Phi) is 5.09. The van der Waals surface area contributed by atoms with Crippen molar-refractivity contribution in [3.63, 3.8) is 0 Å². The van der Waals surface area contributed by atoms with Crippen LogP contribution in [-0.4, -0.2) is 42.3 Å². The highest BCUT2D eigenvalue weighted by Crippen LogP contribution is 2.41. The first kappa shape index (κ1) is 17.9. The summed E-state index contributed by atoms with van der Waals surface area (Å²) in [5.41, 5.74) is 0.867. The number of carbonyl (C=O) groups is 1. The molecule has 5 nitrogen and oxygen atoms in total. The Morgan fingerprint density at radius 3 is 2.62 bits per heavy atom. The summed E-state index contributed by atoms with van der Waals surface area (Å²) < 4.78 is 24.9. The molecule has 2 fully saturated rings. The van der Waals surface area contributed by atoms with Gasteiger partial charge in [0.25, 0.3) is 0 Å². The Labute approximate surface area is 155 Å². The van der Waals surface area contributed by atoms with Gasteiger partial charge in [-0.3, -0.25) is 4.79 Å². The average Bonchev–Trinajstić information content (AvgIpc) is 2.90. The van der Waals surface area contributed by atoms with Gasteiger partial charge in [0.1, 0.15) is 0 Å². The summed E-state index contributed by atoms with van der Waals surface area (Å²) in [6.07, 6.45) is 0.395. The van der Waals surface area contributed by atoms with Gasteiger partial charge >= 0.3 is 0 Å². The van der Waals surface area contributed by atoms with E-state index in [1.54, 1.807) is 0 Å². The van der Waals surface area contributed by atoms with E-state index in [1.807, 2.05) is 43.0 Å². The predicted octanol–water partition coefficient (Wildman–Crippen LogP) is 3.10. The van der Waals surface area contributed by atoms with Gasteiger partial charge in [0.05, 0.1) is 17.5 Å². The lowest BCUT2D eigenvalue weighted by atomic mass is 10.1. The Morgan fingerprint density at radius 1 is 1.33 bits per heavy atom. The van der Waals surface area contributed by atoms with E-state index in [9.17, 15) is 13.2 Å². The molecule has 2 atom stereocenters. The highest BCUT2D eigenvalue weighted by Gasteiger charge is 2.49. The molecule has 0 radical (unpaired) electrons. The number of amides is 1. The molecule has 24 heavy (non-hydrogen) atoms. The minimum atomic E-state index is -3.04. The summed E-state index contributed by atoms with van der Waals surface area (Å²) in [6, 6.07) is 7.49.